The highest BCUT2D eigenvalue weighted by atomic mass is 16.5. The van der Waals surface area contributed by atoms with Crippen molar-refractivity contribution in [3.05, 3.63) is 59.2 Å². The Morgan fingerprint density at radius 3 is 2.62 bits per heavy atom. The van der Waals surface area contributed by atoms with E-state index in [1.165, 1.54) is 23.8 Å². The van der Waals surface area contributed by atoms with E-state index < -0.39 is 6.09 Å². The molecule has 4 nitrogen and oxygen atoms in total. The van der Waals surface area contributed by atoms with E-state index in [-0.39, 0.29) is 0 Å². The number of hydrogen-bond acceptors (Lipinski definition) is 3. The molecule has 2 rings (SSSR count). The Hall–Kier alpha value is -2.49. The topological polar surface area (TPSA) is 50.4 Å². The summed E-state index contributed by atoms with van der Waals surface area (Å²) < 4.78 is 4.58. The molecular formula is C17H20N2O2. The average molecular weight is 284 g/mol. The number of nitrogens with one attached hydrogen (secondary N) is 2. The summed E-state index contributed by atoms with van der Waals surface area (Å²) >= 11 is 0. The van der Waals surface area contributed by atoms with Crippen LogP contribution >= 0.6 is 0 Å². The van der Waals surface area contributed by atoms with Crippen LogP contribution in [0.3, 0.4) is 0 Å². The van der Waals surface area contributed by atoms with Gasteiger partial charge in [-0.1, -0.05) is 29.8 Å². The highest BCUT2D eigenvalue weighted by molar-refractivity contribution is 5.85. The molecule has 0 aromatic heterocycles. The molecular weight excluding hydrogens is 264 g/mol. The van der Waals surface area contributed by atoms with Crippen molar-refractivity contribution >= 4 is 17.5 Å². The number of anilines is 2. The predicted octanol–water partition coefficient (Wildman–Crippen LogP) is 4.09. The summed E-state index contributed by atoms with van der Waals surface area (Å²) in [7, 11) is 1.35. The highest BCUT2D eigenvalue weighted by Crippen LogP contribution is 2.17. The van der Waals surface area contributed by atoms with Gasteiger partial charge in [0.2, 0.25) is 0 Å². The molecule has 1 amide bonds. The smallest absolute Gasteiger partial charge is 0.411 e. The molecule has 4 heteroatoms. The van der Waals surface area contributed by atoms with Crippen molar-refractivity contribution in [3.8, 4) is 0 Å². The SMILES string of the molecule is COC(=O)Nc1cccc(NCc2cc(C)ccc2C)c1. The molecule has 0 saturated carbocycles. The van der Waals surface area contributed by atoms with Crippen LogP contribution in [0.15, 0.2) is 42.5 Å². The lowest BCUT2D eigenvalue weighted by atomic mass is 10.1. The van der Waals surface area contributed by atoms with Crippen LogP contribution in [0, 0.1) is 13.8 Å². The van der Waals surface area contributed by atoms with Crippen LogP contribution in [0.5, 0.6) is 0 Å². The molecule has 0 unspecified atom stereocenters. The fourth-order valence-electron chi connectivity index (χ4n) is 2.06. The summed E-state index contributed by atoms with van der Waals surface area (Å²) in [6, 6.07) is 14.0. The van der Waals surface area contributed by atoms with Gasteiger partial charge >= 0.3 is 6.09 Å². The van der Waals surface area contributed by atoms with E-state index in [1.807, 2.05) is 24.3 Å². The second-order valence-corrected chi connectivity index (χ2v) is 4.98. The van der Waals surface area contributed by atoms with Gasteiger partial charge in [-0.15, -0.1) is 0 Å². The van der Waals surface area contributed by atoms with Crippen molar-refractivity contribution in [1.29, 1.82) is 0 Å². The lowest BCUT2D eigenvalue weighted by Crippen LogP contribution is -2.11. The number of ether oxygens (including phenoxy) is 1. The highest BCUT2D eigenvalue weighted by Gasteiger charge is 2.02. The fourth-order valence-corrected chi connectivity index (χ4v) is 2.06. The molecule has 0 spiro atoms. The van der Waals surface area contributed by atoms with Crippen molar-refractivity contribution < 1.29 is 9.53 Å². The van der Waals surface area contributed by atoms with Crippen LogP contribution in [0.4, 0.5) is 16.2 Å². The van der Waals surface area contributed by atoms with Crippen LogP contribution in [-0.4, -0.2) is 13.2 Å². The van der Waals surface area contributed by atoms with Gasteiger partial charge in [0.1, 0.15) is 0 Å². The number of methoxy groups -OCH3 is 1. The number of hydrogen-bond donors (Lipinski definition) is 2. The van der Waals surface area contributed by atoms with Crippen LogP contribution in [-0.2, 0) is 11.3 Å². The minimum Gasteiger partial charge on any atom is -0.453 e. The van der Waals surface area contributed by atoms with Gasteiger partial charge < -0.3 is 10.1 Å². The number of aryl methyl sites for hydroxylation is 2. The molecule has 2 aromatic rings. The zero-order valence-electron chi connectivity index (χ0n) is 12.6. The lowest BCUT2D eigenvalue weighted by Gasteiger charge is -2.11. The van der Waals surface area contributed by atoms with E-state index in [0.29, 0.717) is 5.69 Å². The molecule has 0 aliphatic heterocycles. The third-order valence-corrected chi connectivity index (χ3v) is 3.28. The van der Waals surface area contributed by atoms with E-state index in [1.54, 1.807) is 0 Å². The summed E-state index contributed by atoms with van der Waals surface area (Å²) in [5, 5.41) is 6.02. The van der Waals surface area contributed by atoms with Crippen molar-refractivity contribution in [3.63, 3.8) is 0 Å². The first kappa shape index (κ1) is 14.9. The monoisotopic (exact) mass is 284 g/mol. The maximum Gasteiger partial charge on any atom is 0.411 e. The van der Waals surface area contributed by atoms with Crippen molar-refractivity contribution in [1.82, 2.24) is 0 Å². The largest absolute Gasteiger partial charge is 0.453 e. The van der Waals surface area contributed by atoms with E-state index in [4.69, 9.17) is 0 Å². The van der Waals surface area contributed by atoms with Crippen LogP contribution in [0.25, 0.3) is 0 Å². The van der Waals surface area contributed by atoms with Gasteiger partial charge in [-0.25, -0.2) is 4.79 Å². The maximum atomic E-state index is 11.2. The summed E-state index contributed by atoms with van der Waals surface area (Å²) in [6.07, 6.45) is -0.471. The molecule has 0 radical (unpaired) electrons. The summed E-state index contributed by atoms with van der Waals surface area (Å²) in [4.78, 5) is 11.2. The summed E-state index contributed by atoms with van der Waals surface area (Å²) in [5.74, 6) is 0. The van der Waals surface area contributed by atoms with Gasteiger partial charge in [0.15, 0.2) is 0 Å². The third kappa shape index (κ3) is 4.24. The van der Waals surface area contributed by atoms with Gasteiger partial charge in [0, 0.05) is 17.9 Å². The number of amides is 1. The van der Waals surface area contributed by atoms with Crippen molar-refractivity contribution in [2.24, 2.45) is 0 Å². The third-order valence-electron chi connectivity index (χ3n) is 3.28. The molecule has 0 bridgehead atoms. The Kier molecular flexibility index (Phi) is 4.82. The summed E-state index contributed by atoms with van der Waals surface area (Å²) in [5.41, 5.74) is 5.43. The van der Waals surface area contributed by atoms with E-state index in [2.05, 4.69) is 47.4 Å². The first-order valence-electron chi connectivity index (χ1n) is 6.83. The van der Waals surface area contributed by atoms with Gasteiger partial charge in [0.05, 0.1) is 7.11 Å². The van der Waals surface area contributed by atoms with Gasteiger partial charge in [-0.05, 0) is 43.2 Å². The molecule has 0 aliphatic carbocycles. The Labute approximate surface area is 125 Å². The van der Waals surface area contributed by atoms with E-state index in [0.717, 1.165) is 12.2 Å². The molecule has 2 N–H and O–H groups in total. The second kappa shape index (κ2) is 6.79. The molecule has 0 atom stereocenters. The molecule has 110 valence electrons. The maximum absolute atomic E-state index is 11.2. The first-order valence-corrected chi connectivity index (χ1v) is 6.83. The normalized spacial score (nSPS) is 10.0. The van der Waals surface area contributed by atoms with E-state index >= 15 is 0 Å². The lowest BCUT2D eigenvalue weighted by molar-refractivity contribution is 0.187. The van der Waals surface area contributed by atoms with Crippen LogP contribution in [0.1, 0.15) is 16.7 Å². The average Bonchev–Trinajstić information content (AvgIpc) is 2.48. The molecule has 0 saturated heterocycles. The fraction of sp³-hybridized carbons (Fsp3) is 0.235. The van der Waals surface area contributed by atoms with E-state index in [9.17, 15) is 4.79 Å². The first-order chi connectivity index (χ1) is 10.1. The zero-order valence-corrected chi connectivity index (χ0v) is 12.6. The standard InChI is InChI=1S/C17H20N2O2/c1-12-7-8-13(2)14(9-12)11-18-15-5-4-6-16(10-15)19-17(20)21-3/h4-10,18H,11H2,1-3H3,(H,19,20). The molecule has 21 heavy (non-hydrogen) atoms. The Bertz CT molecular complexity index is 638. The molecule has 0 aliphatic rings. The van der Waals surface area contributed by atoms with Crippen LogP contribution in [0.2, 0.25) is 0 Å². The predicted molar refractivity (Wildman–Crippen MR) is 85.7 cm³/mol. The number of carbonyl (C=O) groups is 1. The van der Waals surface area contributed by atoms with Crippen molar-refractivity contribution in [2.45, 2.75) is 20.4 Å². The quantitative estimate of drug-likeness (QED) is 0.889. The minimum absolute atomic E-state index is 0.471. The van der Waals surface area contributed by atoms with Gasteiger partial charge in [-0.3, -0.25) is 5.32 Å². The number of benzene rings is 2. The van der Waals surface area contributed by atoms with Gasteiger partial charge in [0.25, 0.3) is 0 Å². The van der Waals surface area contributed by atoms with Crippen LogP contribution < -0.4 is 10.6 Å². The number of carbonyl (C=O) groups excluding carboxylic acids is 1. The Morgan fingerprint density at radius 1 is 1.10 bits per heavy atom. The molecule has 2 aromatic carbocycles. The Morgan fingerprint density at radius 2 is 1.86 bits per heavy atom. The van der Waals surface area contributed by atoms with Gasteiger partial charge in [-0.2, -0.15) is 0 Å². The Balaban J connectivity index is 2.04. The minimum atomic E-state index is -0.471. The number of rotatable bonds is 4. The second-order valence-electron chi connectivity index (χ2n) is 4.98. The molecule has 0 heterocycles. The zero-order chi connectivity index (χ0) is 15.2. The molecule has 0 fully saturated rings. The summed E-state index contributed by atoms with van der Waals surface area (Å²) in [6.45, 7) is 4.94. The van der Waals surface area contributed by atoms with Crippen molar-refractivity contribution in [2.75, 3.05) is 17.7 Å².